The second-order valence-electron chi connectivity index (χ2n) is 6.00. The van der Waals surface area contributed by atoms with Crippen LogP contribution in [0.1, 0.15) is 31.5 Å². The summed E-state index contributed by atoms with van der Waals surface area (Å²) >= 11 is 0. The summed E-state index contributed by atoms with van der Waals surface area (Å²) in [5, 5.41) is 15.2. The van der Waals surface area contributed by atoms with E-state index in [2.05, 4.69) is 48.3 Å². The van der Waals surface area contributed by atoms with E-state index in [-0.39, 0.29) is 5.84 Å². The van der Waals surface area contributed by atoms with Gasteiger partial charge in [0.15, 0.2) is 5.84 Å². The molecule has 4 N–H and O–H groups in total. The van der Waals surface area contributed by atoms with E-state index in [0.29, 0.717) is 17.7 Å². The normalized spacial score (nSPS) is 13.9. The molecule has 6 heteroatoms. The number of nitrogens with two attached hydrogens (primary N) is 1. The minimum atomic E-state index is 0.0314. The lowest BCUT2D eigenvalue weighted by Crippen LogP contribution is -2.38. The molecule has 0 spiro atoms. The molecule has 0 bridgehead atoms. The van der Waals surface area contributed by atoms with Gasteiger partial charge in [-0.25, -0.2) is 0 Å². The van der Waals surface area contributed by atoms with Gasteiger partial charge >= 0.3 is 0 Å². The Balaban J connectivity index is 2.66. The number of hydrogen-bond donors (Lipinski definition) is 3. The molecule has 1 unspecified atom stereocenters. The fraction of sp³-hybridized carbons (Fsp3) is 0.600. The molecule has 1 atom stereocenters. The predicted octanol–water partition coefficient (Wildman–Crippen LogP) is 1.24. The maximum absolute atomic E-state index is 8.70. The van der Waals surface area contributed by atoms with Crippen molar-refractivity contribution in [2.75, 3.05) is 20.6 Å². The highest BCUT2D eigenvalue weighted by Gasteiger charge is 2.12. The first-order valence-electron chi connectivity index (χ1n) is 7.23. The van der Waals surface area contributed by atoms with Crippen molar-refractivity contribution < 1.29 is 5.21 Å². The molecule has 1 rings (SSSR count). The van der Waals surface area contributed by atoms with Gasteiger partial charge in [-0.2, -0.15) is 0 Å². The molecule has 0 radical (unpaired) electrons. The second kappa shape index (κ2) is 8.59. The average Bonchev–Trinajstić information content (AvgIpc) is 2.43. The van der Waals surface area contributed by atoms with Crippen LogP contribution >= 0.6 is 0 Å². The van der Waals surface area contributed by atoms with Crippen LogP contribution < -0.4 is 11.1 Å². The molecule has 118 valence electrons. The highest BCUT2D eigenvalue weighted by Crippen LogP contribution is 2.08. The summed E-state index contributed by atoms with van der Waals surface area (Å²) in [5.41, 5.74) is 7.12. The molecule has 1 aromatic rings. The molecule has 0 aliphatic carbocycles. The van der Waals surface area contributed by atoms with Gasteiger partial charge in [-0.3, -0.25) is 4.98 Å². The summed E-state index contributed by atoms with van der Waals surface area (Å²) in [6.45, 7) is 6.19. The summed E-state index contributed by atoms with van der Waals surface area (Å²) in [7, 11) is 4.16. The first kappa shape index (κ1) is 17.4. The van der Waals surface area contributed by atoms with Crippen molar-refractivity contribution in [3.8, 4) is 0 Å². The number of likely N-dealkylation sites (N-methyl/N-ethyl adjacent to an activating group) is 1. The van der Waals surface area contributed by atoms with Crippen LogP contribution in [0, 0.1) is 5.92 Å². The number of amidine groups is 1. The largest absolute Gasteiger partial charge is 0.409 e. The fourth-order valence-electron chi connectivity index (χ4n) is 2.27. The molecule has 1 aromatic heterocycles. The van der Waals surface area contributed by atoms with E-state index in [0.717, 1.165) is 25.1 Å². The third-order valence-corrected chi connectivity index (χ3v) is 3.13. The zero-order valence-electron chi connectivity index (χ0n) is 13.4. The van der Waals surface area contributed by atoms with Crippen molar-refractivity contribution >= 4 is 5.84 Å². The Morgan fingerprint density at radius 1 is 1.48 bits per heavy atom. The standard InChI is InChI=1S/C15H27N5O/c1-11(2)7-13(10-20(3)4)18-9-12-5-6-17-14(8-12)15(16)19-21/h5-6,8,11,13,18,21H,7,9-10H2,1-4H3,(H2,16,19). The number of rotatable bonds is 8. The molecule has 0 aliphatic heterocycles. The molecule has 21 heavy (non-hydrogen) atoms. The van der Waals surface area contributed by atoms with Crippen molar-refractivity contribution in [1.82, 2.24) is 15.2 Å². The molecular weight excluding hydrogens is 266 g/mol. The van der Waals surface area contributed by atoms with Gasteiger partial charge < -0.3 is 21.2 Å². The van der Waals surface area contributed by atoms with Gasteiger partial charge in [0.2, 0.25) is 0 Å². The van der Waals surface area contributed by atoms with Crippen LogP contribution in [0.15, 0.2) is 23.5 Å². The zero-order valence-corrected chi connectivity index (χ0v) is 13.4. The van der Waals surface area contributed by atoms with Gasteiger partial charge in [0, 0.05) is 25.3 Å². The molecular formula is C15H27N5O. The highest BCUT2D eigenvalue weighted by molar-refractivity contribution is 5.95. The van der Waals surface area contributed by atoms with Crippen molar-refractivity contribution in [2.24, 2.45) is 16.8 Å². The lowest BCUT2D eigenvalue weighted by Gasteiger charge is -2.24. The third kappa shape index (κ3) is 6.55. The molecule has 6 nitrogen and oxygen atoms in total. The second-order valence-corrected chi connectivity index (χ2v) is 6.00. The molecule has 0 aromatic carbocycles. The van der Waals surface area contributed by atoms with E-state index in [1.54, 1.807) is 6.20 Å². The highest BCUT2D eigenvalue weighted by atomic mass is 16.4. The van der Waals surface area contributed by atoms with Gasteiger partial charge in [0.1, 0.15) is 5.69 Å². The van der Waals surface area contributed by atoms with Crippen LogP contribution in [0.25, 0.3) is 0 Å². The lowest BCUT2D eigenvalue weighted by atomic mass is 10.0. The number of aromatic nitrogens is 1. The SMILES string of the molecule is CC(C)CC(CN(C)C)NCc1ccnc(C(N)=NO)c1. The third-order valence-electron chi connectivity index (χ3n) is 3.13. The van der Waals surface area contributed by atoms with E-state index in [1.165, 1.54) is 0 Å². The summed E-state index contributed by atoms with van der Waals surface area (Å²) < 4.78 is 0. The molecule has 0 aliphatic rings. The van der Waals surface area contributed by atoms with Crippen LogP contribution in [0.3, 0.4) is 0 Å². The Hall–Kier alpha value is -1.66. The maximum Gasteiger partial charge on any atom is 0.188 e. The fourth-order valence-corrected chi connectivity index (χ4v) is 2.27. The topological polar surface area (TPSA) is 86.8 Å². The number of pyridine rings is 1. The minimum absolute atomic E-state index is 0.0314. The monoisotopic (exact) mass is 293 g/mol. The summed E-state index contributed by atoms with van der Waals surface area (Å²) in [6, 6.07) is 4.20. The van der Waals surface area contributed by atoms with Crippen molar-refractivity contribution in [3.63, 3.8) is 0 Å². The summed E-state index contributed by atoms with van der Waals surface area (Å²) in [5.74, 6) is 0.677. The first-order valence-corrected chi connectivity index (χ1v) is 7.23. The van der Waals surface area contributed by atoms with Gasteiger partial charge in [-0.15, -0.1) is 0 Å². The predicted molar refractivity (Wildman–Crippen MR) is 85.4 cm³/mol. The lowest BCUT2D eigenvalue weighted by molar-refractivity contribution is 0.305. The molecule has 0 fully saturated rings. The van der Waals surface area contributed by atoms with E-state index >= 15 is 0 Å². The van der Waals surface area contributed by atoms with Gasteiger partial charge in [-0.05, 0) is 44.1 Å². The summed E-state index contributed by atoms with van der Waals surface area (Å²) in [6.07, 6.45) is 2.80. The maximum atomic E-state index is 8.70. The van der Waals surface area contributed by atoms with Gasteiger partial charge in [-0.1, -0.05) is 19.0 Å². The van der Waals surface area contributed by atoms with E-state index in [1.807, 2.05) is 12.1 Å². The Labute approximate surface area is 127 Å². The van der Waals surface area contributed by atoms with Crippen molar-refractivity contribution in [1.29, 1.82) is 0 Å². The van der Waals surface area contributed by atoms with E-state index in [4.69, 9.17) is 10.9 Å². The first-order chi connectivity index (χ1) is 9.92. The quantitative estimate of drug-likeness (QED) is 0.290. The van der Waals surface area contributed by atoms with Crippen LogP contribution in [0.4, 0.5) is 0 Å². The number of nitrogens with zero attached hydrogens (tertiary/aromatic N) is 3. The summed E-state index contributed by atoms with van der Waals surface area (Å²) in [4.78, 5) is 6.27. The average molecular weight is 293 g/mol. The van der Waals surface area contributed by atoms with Gasteiger partial charge in [0.05, 0.1) is 0 Å². The van der Waals surface area contributed by atoms with Crippen LogP contribution in [-0.2, 0) is 6.54 Å². The Bertz CT molecular complexity index is 449. The smallest absolute Gasteiger partial charge is 0.188 e. The Morgan fingerprint density at radius 3 is 2.76 bits per heavy atom. The zero-order chi connectivity index (χ0) is 15.8. The molecule has 0 amide bonds. The van der Waals surface area contributed by atoms with Crippen LogP contribution in [-0.4, -0.2) is 47.6 Å². The number of nitrogens with one attached hydrogen (secondary N) is 1. The van der Waals surface area contributed by atoms with Gasteiger partial charge in [0.25, 0.3) is 0 Å². The molecule has 0 saturated carbocycles. The van der Waals surface area contributed by atoms with Crippen LogP contribution in [0.5, 0.6) is 0 Å². The van der Waals surface area contributed by atoms with Crippen molar-refractivity contribution in [3.05, 3.63) is 29.6 Å². The van der Waals surface area contributed by atoms with Crippen LogP contribution in [0.2, 0.25) is 0 Å². The van der Waals surface area contributed by atoms with E-state index in [9.17, 15) is 0 Å². The molecule has 1 heterocycles. The Morgan fingerprint density at radius 2 is 2.19 bits per heavy atom. The van der Waals surface area contributed by atoms with E-state index < -0.39 is 0 Å². The molecule has 0 saturated heterocycles. The Kier molecular flexibility index (Phi) is 7.11. The number of oxime groups is 1. The minimum Gasteiger partial charge on any atom is -0.409 e. The van der Waals surface area contributed by atoms with Crippen molar-refractivity contribution in [2.45, 2.75) is 32.9 Å². The number of hydrogen-bond acceptors (Lipinski definition) is 5.